The van der Waals surface area contributed by atoms with Crippen LogP contribution in [0, 0.1) is 0 Å². The summed E-state index contributed by atoms with van der Waals surface area (Å²) < 4.78 is 1.51. The minimum atomic E-state index is -0.265. The van der Waals surface area contributed by atoms with Crippen LogP contribution in [0.3, 0.4) is 0 Å². The van der Waals surface area contributed by atoms with Crippen LogP contribution in [0.15, 0.2) is 46.3 Å². The van der Waals surface area contributed by atoms with Crippen LogP contribution in [-0.4, -0.2) is 20.7 Å². The van der Waals surface area contributed by atoms with Crippen molar-refractivity contribution < 1.29 is 4.79 Å². The van der Waals surface area contributed by atoms with E-state index in [0.29, 0.717) is 18.1 Å². The number of benzene rings is 1. The zero-order valence-corrected chi connectivity index (χ0v) is 15.8. The third-order valence-corrected chi connectivity index (χ3v) is 5.22. The second kappa shape index (κ2) is 9.42. The van der Waals surface area contributed by atoms with Gasteiger partial charge in [0.25, 0.3) is 5.56 Å². The Balaban J connectivity index is 2.11. The van der Waals surface area contributed by atoms with E-state index in [0.717, 1.165) is 24.1 Å². The van der Waals surface area contributed by atoms with Crippen molar-refractivity contribution in [1.29, 1.82) is 0 Å². The van der Waals surface area contributed by atoms with E-state index in [4.69, 9.17) is 0 Å². The second-order valence-electron chi connectivity index (χ2n) is 5.88. The molecule has 1 unspecified atom stereocenters. The van der Waals surface area contributed by atoms with Crippen molar-refractivity contribution in [3.63, 3.8) is 0 Å². The molecule has 1 aromatic heterocycles. The molecule has 0 aliphatic heterocycles. The molecular weight excluding hydrogens is 334 g/mol. The average molecular weight is 359 g/mol. The summed E-state index contributed by atoms with van der Waals surface area (Å²) in [7, 11) is 1.70. The molecule has 6 heteroatoms. The summed E-state index contributed by atoms with van der Waals surface area (Å²) in [6.07, 6.45) is 2.32. The van der Waals surface area contributed by atoms with Gasteiger partial charge in [0.1, 0.15) is 0 Å². The fourth-order valence-electron chi connectivity index (χ4n) is 2.38. The van der Waals surface area contributed by atoms with E-state index >= 15 is 0 Å². The summed E-state index contributed by atoms with van der Waals surface area (Å²) in [6, 6.07) is 11.4. The maximum absolute atomic E-state index is 12.6. The molecule has 1 aromatic carbocycles. The fourth-order valence-corrected chi connectivity index (χ4v) is 3.60. The van der Waals surface area contributed by atoms with Crippen LogP contribution in [0.5, 0.6) is 0 Å². The van der Waals surface area contributed by atoms with E-state index in [1.165, 1.54) is 16.3 Å². The zero-order valence-electron chi connectivity index (χ0n) is 15.0. The topological polar surface area (TPSA) is 64.0 Å². The van der Waals surface area contributed by atoms with Gasteiger partial charge < -0.3 is 5.32 Å². The molecule has 0 aliphatic rings. The van der Waals surface area contributed by atoms with Crippen molar-refractivity contribution >= 4 is 17.7 Å². The number of aryl methyl sites for hydroxylation is 1. The first kappa shape index (κ1) is 19.2. The first-order chi connectivity index (χ1) is 12.0. The quantitative estimate of drug-likeness (QED) is 0.581. The van der Waals surface area contributed by atoms with Gasteiger partial charge in [0.2, 0.25) is 5.91 Å². The third-order valence-electron chi connectivity index (χ3n) is 3.91. The summed E-state index contributed by atoms with van der Waals surface area (Å²) in [5.74, 6) is -0.0214. The molecule has 1 atom stereocenters. The molecule has 0 spiro atoms. The van der Waals surface area contributed by atoms with Gasteiger partial charge in [-0.15, -0.1) is 0 Å². The highest BCUT2D eigenvalue weighted by Gasteiger charge is 2.21. The van der Waals surface area contributed by atoms with Gasteiger partial charge in [-0.25, -0.2) is 4.98 Å². The molecule has 0 saturated carbocycles. The van der Waals surface area contributed by atoms with E-state index in [1.807, 2.05) is 44.2 Å². The lowest BCUT2D eigenvalue weighted by Gasteiger charge is -2.17. The molecule has 1 heterocycles. The Labute approximate surface area is 152 Å². The van der Waals surface area contributed by atoms with E-state index in [2.05, 4.69) is 10.3 Å². The largest absolute Gasteiger partial charge is 0.351 e. The lowest BCUT2D eigenvalue weighted by atomic mass is 10.2. The standard InChI is InChI=1S/C19H25N3O2S/c1-4-9-16(18(24)20-13-14-10-7-6-8-11-14)25-19-21-15(5-2)12-17(23)22(19)3/h6-8,10-12,16H,4-5,9,13H2,1-3H3,(H,20,24). The summed E-state index contributed by atoms with van der Waals surface area (Å²) in [5, 5.41) is 3.32. The number of hydrogen-bond acceptors (Lipinski definition) is 4. The van der Waals surface area contributed by atoms with Crippen molar-refractivity contribution in [3.05, 3.63) is 58.0 Å². The highest BCUT2D eigenvalue weighted by atomic mass is 32.2. The zero-order chi connectivity index (χ0) is 18.2. The van der Waals surface area contributed by atoms with E-state index < -0.39 is 0 Å². The van der Waals surface area contributed by atoms with Crippen molar-refractivity contribution in [2.24, 2.45) is 7.05 Å². The van der Waals surface area contributed by atoms with Gasteiger partial charge in [-0.3, -0.25) is 14.2 Å². The van der Waals surface area contributed by atoms with Crippen LogP contribution in [0.2, 0.25) is 0 Å². The van der Waals surface area contributed by atoms with Crippen LogP contribution in [0.25, 0.3) is 0 Å². The summed E-state index contributed by atoms with van der Waals surface area (Å²) in [4.78, 5) is 29.2. The number of thioether (sulfide) groups is 1. The first-order valence-corrected chi connectivity index (χ1v) is 9.48. The van der Waals surface area contributed by atoms with E-state index in [9.17, 15) is 9.59 Å². The number of nitrogens with zero attached hydrogens (tertiary/aromatic N) is 2. The highest BCUT2D eigenvalue weighted by Crippen LogP contribution is 2.24. The third kappa shape index (κ3) is 5.46. The van der Waals surface area contributed by atoms with Crippen LogP contribution < -0.4 is 10.9 Å². The Morgan fingerprint density at radius 1 is 1.28 bits per heavy atom. The summed E-state index contributed by atoms with van der Waals surface area (Å²) in [5.41, 5.74) is 1.73. The molecule has 5 nitrogen and oxygen atoms in total. The van der Waals surface area contributed by atoms with E-state index in [1.54, 1.807) is 13.1 Å². The van der Waals surface area contributed by atoms with Gasteiger partial charge in [-0.05, 0) is 18.4 Å². The molecule has 0 aliphatic carbocycles. The van der Waals surface area contributed by atoms with Gasteiger partial charge >= 0.3 is 0 Å². The Hall–Kier alpha value is -2.08. The molecule has 0 radical (unpaired) electrons. The Bertz CT molecular complexity index is 759. The Morgan fingerprint density at radius 3 is 2.64 bits per heavy atom. The van der Waals surface area contributed by atoms with Crippen LogP contribution in [0.1, 0.15) is 37.9 Å². The Kier molecular flexibility index (Phi) is 7.25. The molecule has 0 fully saturated rings. The number of aromatic nitrogens is 2. The molecular formula is C19H25N3O2S. The molecule has 0 saturated heterocycles. The highest BCUT2D eigenvalue weighted by molar-refractivity contribution is 8.00. The molecule has 25 heavy (non-hydrogen) atoms. The molecule has 2 rings (SSSR count). The van der Waals surface area contributed by atoms with E-state index in [-0.39, 0.29) is 16.7 Å². The maximum atomic E-state index is 12.6. The minimum Gasteiger partial charge on any atom is -0.351 e. The number of amides is 1. The molecule has 2 aromatic rings. The van der Waals surface area contributed by atoms with Gasteiger partial charge in [0, 0.05) is 25.4 Å². The number of hydrogen-bond donors (Lipinski definition) is 1. The molecule has 1 N–H and O–H groups in total. The monoisotopic (exact) mass is 359 g/mol. The van der Waals surface area contributed by atoms with Crippen LogP contribution in [-0.2, 0) is 24.8 Å². The second-order valence-corrected chi connectivity index (χ2v) is 7.05. The van der Waals surface area contributed by atoms with Gasteiger partial charge in [0.05, 0.1) is 5.25 Å². The van der Waals surface area contributed by atoms with Crippen molar-refractivity contribution in [1.82, 2.24) is 14.9 Å². The normalized spacial score (nSPS) is 12.0. The number of rotatable bonds is 8. The van der Waals surface area contributed by atoms with Crippen molar-refractivity contribution in [2.45, 2.75) is 50.1 Å². The first-order valence-electron chi connectivity index (χ1n) is 8.60. The predicted octanol–water partition coefficient (Wildman–Crippen LogP) is 2.92. The minimum absolute atomic E-state index is 0.0214. The predicted molar refractivity (Wildman–Crippen MR) is 102 cm³/mol. The number of carbonyl (C=O) groups excluding carboxylic acids is 1. The van der Waals surface area contributed by atoms with Gasteiger partial charge in [-0.1, -0.05) is 62.4 Å². The molecule has 0 bridgehead atoms. The summed E-state index contributed by atoms with van der Waals surface area (Å²) in [6.45, 7) is 4.51. The van der Waals surface area contributed by atoms with Crippen molar-refractivity contribution in [2.75, 3.05) is 0 Å². The fraction of sp³-hybridized carbons (Fsp3) is 0.421. The summed E-state index contributed by atoms with van der Waals surface area (Å²) >= 11 is 1.37. The lowest BCUT2D eigenvalue weighted by Crippen LogP contribution is -2.33. The SMILES string of the molecule is CCCC(Sc1nc(CC)cc(=O)n1C)C(=O)NCc1ccccc1. The number of carbonyl (C=O) groups is 1. The molecule has 134 valence electrons. The lowest BCUT2D eigenvalue weighted by molar-refractivity contribution is -0.120. The van der Waals surface area contributed by atoms with Gasteiger partial charge in [0.15, 0.2) is 5.16 Å². The number of nitrogens with one attached hydrogen (secondary N) is 1. The van der Waals surface area contributed by atoms with Crippen LogP contribution in [0.4, 0.5) is 0 Å². The Morgan fingerprint density at radius 2 is 2.00 bits per heavy atom. The smallest absolute Gasteiger partial charge is 0.254 e. The van der Waals surface area contributed by atoms with Gasteiger partial charge in [-0.2, -0.15) is 0 Å². The average Bonchev–Trinajstić information content (AvgIpc) is 2.63. The molecule has 1 amide bonds. The van der Waals surface area contributed by atoms with Crippen molar-refractivity contribution in [3.8, 4) is 0 Å². The maximum Gasteiger partial charge on any atom is 0.254 e. The van der Waals surface area contributed by atoms with Crippen LogP contribution >= 0.6 is 11.8 Å².